The van der Waals surface area contributed by atoms with Gasteiger partial charge in [-0.05, 0) is 12.8 Å². The molecule has 0 aromatic rings. The van der Waals surface area contributed by atoms with E-state index in [2.05, 4.69) is 0 Å². The van der Waals surface area contributed by atoms with E-state index in [1.54, 1.807) is 0 Å². The fourth-order valence-electron chi connectivity index (χ4n) is 0.204. The number of hydrogen-bond donors (Lipinski definition) is 0. The van der Waals surface area contributed by atoms with Gasteiger partial charge in [-0.15, -0.1) is 0 Å². The van der Waals surface area contributed by atoms with Gasteiger partial charge in [-0.2, -0.15) is 0 Å². The third-order valence-corrected chi connectivity index (χ3v) is 0.533. The number of carboxylic acid groups (broad SMARTS) is 2. The Balaban J connectivity index is 0. The number of carbonyl (C=O) groups is 2. The zero-order valence-corrected chi connectivity index (χ0v) is 6.14. The van der Waals surface area contributed by atoms with Gasteiger partial charge in [-0.1, -0.05) is 0 Å². The first-order valence-corrected chi connectivity index (χ1v) is 2.02. The van der Waals surface area contributed by atoms with Crippen molar-refractivity contribution in [1.29, 1.82) is 0 Å². The Labute approximate surface area is 64.6 Å². The molecule has 0 aliphatic carbocycles. The second-order valence-corrected chi connectivity index (χ2v) is 1.24. The average Bonchev–Trinajstić information content (AvgIpc) is 1.61. The van der Waals surface area contributed by atoms with Crippen molar-refractivity contribution in [3.05, 3.63) is 0 Å². The smallest absolute Gasteiger partial charge is 0.550 e. The predicted molar refractivity (Wildman–Crippen MR) is 19.2 cm³/mol. The third-order valence-electron chi connectivity index (χ3n) is 0.533. The van der Waals surface area contributed by atoms with Crippen molar-refractivity contribution in [1.82, 2.24) is 0 Å². The summed E-state index contributed by atoms with van der Waals surface area (Å²) in [4.78, 5) is 19.0. The summed E-state index contributed by atoms with van der Waals surface area (Å²) in [6.45, 7) is 0. The summed E-state index contributed by atoms with van der Waals surface area (Å²) in [5, 5.41) is 19.0. The molecule has 4 nitrogen and oxygen atoms in total. The largest absolute Gasteiger partial charge is 2.00 e. The van der Waals surface area contributed by atoms with Gasteiger partial charge < -0.3 is 19.8 Å². The van der Waals surface area contributed by atoms with E-state index < -0.39 is 24.8 Å². The molecule has 0 atom stereocenters. The second kappa shape index (κ2) is 5.70. The van der Waals surface area contributed by atoms with Gasteiger partial charge in [0.05, 0.1) is 0 Å². The summed E-state index contributed by atoms with van der Waals surface area (Å²) in [5.74, 6) is -2.73. The van der Waals surface area contributed by atoms with Crippen LogP contribution in [0.5, 0.6) is 0 Å². The van der Waals surface area contributed by atoms with E-state index in [1.807, 2.05) is 0 Å². The normalized spacial score (nSPS) is 7.56. The maximum atomic E-state index is 9.50. The summed E-state index contributed by atoms with van der Waals surface area (Å²) in [6.07, 6.45) is -0.940. The molecule has 0 unspecified atom stereocenters. The predicted octanol–water partition coefficient (Wildman–Crippen LogP) is -2.74. The molecule has 0 saturated carbocycles. The zero-order valence-electron chi connectivity index (χ0n) is 4.40. The molecule has 9 heavy (non-hydrogen) atoms. The van der Waals surface area contributed by atoms with Gasteiger partial charge in [0.25, 0.3) is 0 Å². The second-order valence-electron chi connectivity index (χ2n) is 1.24. The van der Waals surface area contributed by atoms with Crippen LogP contribution in [0.25, 0.3) is 0 Å². The summed E-state index contributed by atoms with van der Waals surface area (Å²) in [5.41, 5.74) is 0. The topological polar surface area (TPSA) is 80.3 Å². The van der Waals surface area contributed by atoms with Crippen LogP contribution in [0, 0.1) is 0 Å². The Bertz CT molecular complexity index is 97.1. The minimum absolute atomic E-state index is 0. The van der Waals surface area contributed by atoms with Crippen molar-refractivity contribution in [2.75, 3.05) is 0 Å². The van der Waals surface area contributed by atoms with Crippen LogP contribution in [0.15, 0.2) is 0 Å². The Hall–Kier alpha value is -0.437. The Morgan fingerprint density at radius 2 is 1.22 bits per heavy atom. The SMILES string of the molecule is O=C([O-])CCC(=O)[O-].[Ru+2]. The van der Waals surface area contributed by atoms with Crippen molar-refractivity contribution in [2.45, 2.75) is 12.8 Å². The molecule has 0 aliphatic rings. The molecule has 0 bridgehead atoms. The van der Waals surface area contributed by atoms with E-state index in [1.165, 1.54) is 0 Å². The summed E-state index contributed by atoms with van der Waals surface area (Å²) in [7, 11) is 0. The van der Waals surface area contributed by atoms with E-state index in [-0.39, 0.29) is 19.5 Å². The van der Waals surface area contributed by atoms with Crippen molar-refractivity contribution in [3.63, 3.8) is 0 Å². The average molecular weight is 217 g/mol. The maximum absolute atomic E-state index is 9.50. The van der Waals surface area contributed by atoms with E-state index in [0.717, 1.165) is 0 Å². The molecule has 0 fully saturated rings. The van der Waals surface area contributed by atoms with Gasteiger partial charge in [-0.25, -0.2) is 0 Å². The monoisotopic (exact) mass is 218 g/mol. The van der Waals surface area contributed by atoms with Crippen molar-refractivity contribution in [2.24, 2.45) is 0 Å². The molecule has 0 spiro atoms. The first-order valence-electron chi connectivity index (χ1n) is 2.02. The van der Waals surface area contributed by atoms with Crippen LogP contribution in [-0.4, -0.2) is 11.9 Å². The van der Waals surface area contributed by atoms with Gasteiger partial charge in [0.15, 0.2) is 0 Å². The van der Waals surface area contributed by atoms with Gasteiger partial charge in [-0.3, -0.25) is 0 Å². The molecular formula is C4H4O4Ru. The van der Waals surface area contributed by atoms with E-state index >= 15 is 0 Å². The Morgan fingerprint density at radius 3 is 1.33 bits per heavy atom. The first kappa shape index (κ1) is 11.4. The van der Waals surface area contributed by atoms with E-state index in [0.29, 0.717) is 0 Å². The summed E-state index contributed by atoms with van der Waals surface area (Å²) < 4.78 is 0. The van der Waals surface area contributed by atoms with Crippen LogP contribution in [0.2, 0.25) is 0 Å². The minimum atomic E-state index is -1.37. The number of carbonyl (C=O) groups excluding carboxylic acids is 2. The molecule has 0 N–H and O–H groups in total. The van der Waals surface area contributed by atoms with Gasteiger partial charge >= 0.3 is 19.5 Å². The summed E-state index contributed by atoms with van der Waals surface area (Å²) >= 11 is 0. The van der Waals surface area contributed by atoms with Gasteiger partial charge in [0.2, 0.25) is 0 Å². The zero-order chi connectivity index (χ0) is 6.57. The van der Waals surface area contributed by atoms with Gasteiger partial charge in [0.1, 0.15) is 0 Å². The number of aliphatic carboxylic acids is 2. The van der Waals surface area contributed by atoms with Crippen LogP contribution < -0.4 is 10.2 Å². The molecule has 0 aromatic carbocycles. The standard InChI is InChI=1S/C4H6O4.Ru/c5-3(6)1-2-4(7)8;/h1-2H2,(H,5,6)(H,7,8);/q;+2/p-2. The van der Waals surface area contributed by atoms with Crippen molar-refractivity contribution < 1.29 is 39.3 Å². The molecule has 0 amide bonds. The van der Waals surface area contributed by atoms with E-state index in [9.17, 15) is 19.8 Å². The number of carboxylic acids is 2. The van der Waals surface area contributed by atoms with Crippen LogP contribution >= 0.6 is 0 Å². The van der Waals surface area contributed by atoms with Crippen molar-refractivity contribution in [3.8, 4) is 0 Å². The minimum Gasteiger partial charge on any atom is -0.550 e. The number of rotatable bonds is 3. The van der Waals surface area contributed by atoms with E-state index in [4.69, 9.17) is 0 Å². The quantitative estimate of drug-likeness (QED) is 0.480. The Kier molecular flexibility index (Phi) is 7.20. The van der Waals surface area contributed by atoms with Crippen LogP contribution in [0.4, 0.5) is 0 Å². The van der Waals surface area contributed by atoms with Crippen LogP contribution in [-0.2, 0) is 29.1 Å². The molecule has 0 aliphatic heterocycles. The van der Waals surface area contributed by atoms with Crippen LogP contribution in [0.3, 0.4) is 0 Å². The van der Waals surface area contributed by atoms with Crippen molar-refractivity contribution >= 4 is 11.9 Å². The molecule has 52 valence electrons. The molecule has 0 heterocycles. The fraction of sp³-hybridized carbons (Fsp3) is 0.500. The number of hydrogen-bond acceptors (Lipinski definition) is 4. The molecule has 0 radical (unpaired) electrons. The molecular weight excluding hydrogens is 213 g/mol. The molecule has 0 aromatic heterocycles. The fourth-order valence-corrected chi connectivity index (χ4v) is 0.204. The summed E-state index contributed by atoms with van der Waals surface area (Å²) in [6, 6.07) is 0. The van der Waals surface area contributed by atoms with Crippen LogP contribution in [0.1, 0.15) is 12.8 Å². The first-order chi connectivity index (χ1) is 3.63. The molecule has 0 rings (SSSR count). The Morgan fingerprint density at radius 1 is 1.00 bits per heavy atom. The van der Waals surface area contributed by atoms with Gasteiger partial charge in [0, 0.05) is 11.9 Å². The molecule has 5 heteroatoms. The third kappa shape index (κ3) is 11.2. The maximum Gasteiger partial charge on any atom is 2.00 e. The molecule has 0 saturated heterocycles.